The van der Waals surface area contributed by atoms with Gasteiger partial charge in [0.1, 0.15) is 24.2 Å². The average Bonchev–Trinajstić information content (AvgIpc) is 1.95. The number of nitrogens with one attached hydrogen (secondary N) is 8. The van der Waals surface area contributed by atoms with E-state index in [1.807, 2.05) is 42.5 Å². The summed E-state index contributed by atoms with van der Waals surface area (Å²) in [5.41, 5.74) is 32.6. The van der Waals surface area contributed by atoms with Crippen molar-refractivity contribution in [2.45, 2.75) is 101 Å². The second-order valence-electron chi connectivity index (χ2n) is 21.8. The highest BCUT2D eigenvalue weighted by Gasteiger charge is 2.32. The lowest BCUT2D eigenvalue weighted by atomic mass is 10.0. The number of likely N-dealkylation sites (tertiary alicyclic amines) is 2. The minimum absolute atomic E-state index is 0.0108. The number of hydrogen-bond donors (Lipinski definition) is 13. The fraction of sp³-hybridized carbons (Fsp3) is 0.393. The lowest BCUT2D eigenvalue weighted by Gasteiger charge is -2.26. The molecule has 0 spiro atoms. The van der Waals surface area contributed by atoms with Gasteiger partial charge in [0, 0.05) is 97.2 Å². The summed E-state index contributed by atoms with van der Waals surface area (Å²) in [6.45, 7) is 5.56. The summed E-state index contributed by atoms with van der Waals surface area (Å²) in [7, 11) is 0. The Hall–Kier alpha value is -9.69. The normalized spacial score (nSPS) is 14.7. The molecule has 0 saturated carbocycles. The molecule has 0 unspecified atom stereocenters. The molecule has 2 aromatic heterocycles. The Bertz CT molecular complexity index is 3320. The Morgan fingerprint density at radius 2 is 1.09 bits per heavy atom. The predicted molar refractivity (Wildman–Crippen MR) is 335 cm³/mol. The van der Waals surface area contributed by atoms with Gasteiger partial charge >= 0.3 is 0 Å². The zero-order valence-corrected chi connectivity index (χ0v) is 48.7. The Kier molecular flexibility index (Phi) is 22.9. The van der Waals surface area contributed by atoms with Crippen molar-refractivity contribution >= 4 is 97.8 Å². The van der Waals surface area contributed by atoms with Crippen molar-refractivity contribution in [3.05, 3.63) is 120 Å². The average molecular weight is 1190 g/mol. The van der Waals surface area contributed by atoms with E-state index in [1.54, 1.807) is 48.5 Å². The minimum Gasteiger partial charge on any atom is -0.370 e. The van der Waals surface area contributed by atoms with Crippen molar-refractivity contribution in [3.63, 3.8) is 0 Å². The number of nitrogens with two attached hydrogens (primary N) is 5. The van der Waals surface area contributed by atoms with E-state index in [2.05, 4.69) is 67.0 Å². The fourth-order valence-electron chi connectivity index (χ4n) is 10.6. The van der Waals surface area contributed by atoms with Crippen molar-refractivity contribution < 1.29 is 33.6 Å². The Balaban J connectivity index is 1.03. The summed E-state index contributed by atoms with van der Waals surface area (Å²) in [6, 6.07) is 21.8. The molecule has 6 aromatic rings. The Labute approximate surface area is 504 Å². The number of H-pyrrole nitrogens is 1. The van der Waals surface area contributed by atoms with E-state index >= 15 is 0 Å². The van der Waals surface area contributed by atoms with E-state index < -0.39 is 53.7 Å². The van der Waals surface area contributed by atoms with E-state index in [0.29, 0.717) is 88.2 Å². The summed E-state index contributed by atoms with van der Waals surface area (Å²) in [5, 5.41) is 22.2. The fourth-order valence-corrected chi connectivity index (χ4v) is 10.6. The summed E-state index contributed by atoms with van der Waals surface area (Å²) in [4.78, 5) is 121. The van der Waals surface area contributed by atoms with Gasteiger partial charge in [-0.1, -0.05) is 36.4 Å². The summed E-state index contributed by atoms with van der Waals surface area (Å²) in [5.74, 6) is -4.20. The number of aromatic amines is 1. The number of rotatable bonds is 31. The number of fused-ring (bicyclic) bond motifs is 2. The van der Waals surface area contributed by atoms with E-state index in [4.69, 9.17) is 33.7 Å². The van der Waals surface area contributed by atoms with E-state index in [9.17, 15) is 33.6 Å². The van der Waals surface area contributed by atoms with Gasteiger partial charge in [-0.05, 0) is 138 Å². The van der Waals surface area contributed by atoms with Crippen LogP contribution >= 0.6 is 0 Å². The first-order valence-electron chi connectivity index (χ1n) is 29.5. The van der Waals surface area contributed by atoms with Crippen LogP contribution in [-0.4, -0.2) is 155 Å². The molecule has 4 heterocycles. The zero-order chi connectivity index (χ0) is 61.7. The number of primary amides is 1. The number of nitrogens with zero attached hydrogens (tertiary/aromatic N) is 6. The highest BCUT2D eigenvalue weighted by molar-refractivity contribution is 6.11. The number of pyridine rings is 1. The van der Waals surface area contributed by atoms with Gasteiger partial charge in [0.2, 0.25) is 35.4 Å². The Morgan fingerprint density at radius 3 is 1.63 bits per heavy atom. The third-order valence-electron chi connectivity index (χ3n) is 15.1. The van der Waals surface area contributed by atoms with Gasteiger partial charge in [-0.2, -0.15) is 0 Å². The number of aliphatic imine (C=N–C) groups is 2. The van der Waals surface area contributed by atoms with Crippen LogP contribution in [0.25, 0.3) is 21.8 Å². The number of carbonyl (C=O) groups is 7. The molecular formula is C61H79N19O7. The molecule has 2 saturated heterocycles. The number of anilines is 4. The maximum Gasteiger partial charge on any atom is 0.252 e. The number of imidazole rings is 1. The molecule has 26 nitrogen and oxygen atoms in total. The van der Waals surface area contributed by atoms with Crippen LogP contribution in [0.4, 0.5) is 22.7 Å². The molecule has 8 rings (SSSR count). The molecule has 2 fully saturated rings. The molecular weight excluding hydrogens is 1110 g/mol. The third kappa shape index (κ3) is 19.4. The molecule has 26 heteroatoms. The van der Waals surface area contributed by atoms with Gasteiger partial charge in [0.25, 0.3) is 5.91 Å². The van der Waals surface area contributed by atoms with Crippen LogP contribution in [0.3, 0.4) is 0 Å². The first-order chi connectivity index (χ1) is 42.0. The summed E-state index contributed by atoms with van der Waals surface area (Å²) >= 11 is 0. The van der Waals surface area contributed by atoms with Crippen LogP contribution in [0.2, 0.25) is 0 Å². The predicted octanol–water partition coefficient (Wildman–Crippen LogP) is 2.33. The molecule has 460 valence electrons. The summed E-state index contributed by atoms with van der Waals surface area (Å²) < 4.78 is 0. The lowest BCUT2D eigenvalue weighted by molar-refractivity contribution is -0.133. The third-order valence-corrected chi connectivity index (χ3v) is 15.1. The molecule has 0 aliphatic carbocycles. The van der Waals surface area contributed by atoms with Gasteiger partial charge in [0.05, 0.1) is 23.0 Å². The number of aromatic nitrogens is 3. The maximum absolute atomic E-state index is 14.7. The number of carbonyl (C=O) groups excluding carboxylic acids is 7. The molecule has 0 bridgehead atoms. The number of guanidine groups is 2. The van der Waals surface area contributed by atoms with Gasteiger partial charge in [-0.25, -0.2) is 9.97 Å². The second kappa shape index (κ2) is 31.4. The maximum atomic E-state index is 14.7. The van der Waals surface area contributed by atoms with Crippen LogP contribution in [0.15, 0.2) is 114 Å². The van der Waals surface area contributed by atoms with Crippen molar-refractivity contribution in [2.75, 3.05) is 68.3 Å². The monoisotopic (exact) mass is 1190 g/mol. The zero-order valence-electron chi connectivity index (χ0n) is 48.7. The van der Waals surface area contributed by atoms with Crippen LogP contribution in [0.5, 0.6) is 0 Å². The molecule has 4 aromatic carbocycles. The van der Waals surface area contributed by atoms with Crippen LogP contribution in [0, 0.1) is 0 Å². The summed E-state index contributed by atoms with van der Waals surface area (Å²) in [6.07, 6.45) is 8.59. The highest BCUT2D eigenvalue weighted by Crippen LogP contribution is 2.36. The van der Waals surface area contributed by atoms with Crippen molar-refractivity contribution in [3.8, 4) is 0 Å². The molecule has 18 N–H and O–H groups in total. The van der Waals surface area contributed by atoms with E-state index in [-0.39, 0.29) is 74.5 Å². The number of amides is 7. The van der Waals surface area contributed by atoms with Crippen LogP contribution < -0.4 is 65.9 Å². The second-order valence-corrected chi connectivity index (χ2v) is 21.8. The molecule has 2 aliphatic heterocycles. The topological polar surface area (TPSA) is 407 Å². The van der Waals surface area contributed by atoms with Gasteiger partial charge in [-0.15, -0.1) is 0 Å². The standard InChI is InChI=1S/C61H79N19O7/c62-55(83)46(15-9-23-68-60(63)64)75-59(87)51(35-43-36-67-37-70-43)78-57(85)47(16-10-24-69-61(65)66)76-58(86)50(31-38-11-2-1-3-12-38)77-56(84)39-13-8-14-40(32-39)73-54-44-19-17-41(71-52(81)21-29-79-25-4-5-26-79)33-48(44)74-49-34-42(18-20-45(49)54)72-53(82)22-30-80-27-6-7-28-80/h1-3,8,11-14,17-20,32-34,36-37,46-47,50-51H,4-7,9-10,15-16,21-31,35H2,(H2,62,83)(H,67,70)(H,71,81)(H,72,82)(H,73,74)(H,75,87)(H,76,86)(H,77,84)(H,78,85)(H4,63,64,68)(H4,65,66,69)/t46-,47-,50-,51-/m0/s1. The molecule has 2 aliphatic rings. The van der Waals surface area contributed by atoms with E-state index in [1.165, 1.54) is 12.5 Å². The van der Waals surface area contributed by atoms with Crippen LogP contribution in [0.1, 0.15) is 85.8 Å². The quantitative estimate of drug-likeness (QED) is 0.0129. The molecule has 7 amide bonds. The smallest absolute Gasteiger partial charge is 0.252 e. The first kappa shape index (κ1) is 63.3. The highest BCUT2D eigenvalue weighted by atomic mass is 16.2. The molecule has 4 atom stereocenters. The van der Waals surface area contributed by atoms with Gasteiger partial charge < -0.3 is 80.7 Å². The van der Waals surface area contributed by atoms with Crippen molar-refractivity contribution in [2.24, 2.45) is 38.7 Å². The lowest BCUT2D eigenvalue weighted by Crippen LogP contribution is -2.58. The van der Waals surface area contributed by atoms with Gasteiger partial charge in [0.15, 0.2) is 11.9 Å². The first-order valence-corrected chi connectivity index (χ1v) is 29.5. The van der Waals surface area contributed by atoms with Gasteiger partial charge in [-0.3, -0.25) is 43.5 Å². The number of benzene rings is 4. The molecule has 0 radical (unpaired) electrons. The SMILES string of the molecule is NC(=O)[C@H](CCCN=C(N)N)NC(=O)[C@H](Cc1cnc[nH]1)NC(=O)[C@H](CCCN=C(N)N)NC(=O)[C@H](Cc1ccccc1)NC(=O)c1cccc(Nc2c3ccc(NC(=O)CCN4CCCC4)cc3nc3cc(NC(=O)CCN4CCCC4)ccc23)c1. The van der Waals surface area contributed by atoms with Crippen molar-refractivity contribution in [1.29, 1.82) is 0 Å². The molecule has 87 heavy (non-hydrogen) atoms. The number of hydrogen-bond acceptors (Lipinski definition) is 14. The Morgan fingerprint density at radius 1 is 0.563 bits per heavy atom. The largest absolute Gasteiger partial charge is 0.370 e. The minimum atomic E-state index is -1.31. The van der Waals surface area contributed by atoms with Crippen LogP contribution in [-0.2, 0) is 41.6 Å². The van der Waals surface area contributed by atoms with Crippen molar-refractivity contribution in [1.82, 2.24) is 46.0 Å². The van der Waals surface area contributed by atoms with E-state index in [0.717, 1.165) is 51.9 Å².